The molecular formula is C10H11FO. The quantitative estimate of drug-likeness (QED) is 0.576. The van der Waals surface area contributed by atoms with Crippen molar-refractivity contribution >= 4 is 6.04 Å². The van der Waals surface area contributed by atoms with Crippen molar-refractivity contribution in [2.75, 3.05) is 0 Å². The zero-order valence-electron chi connectivity index (χ0n) is 6.79. The standard InChI is InChI=1S/C10H11FO/c11-10(12)9-6-8(9)7-4-2-1-3-5-7/h2,4-5,8-9H,1,3,6H2. The van der Waals surface area contributed by atoms with Crippen LogP contribution >= 0.6 is 0 Å². The lowest BCUT2D eigenvalue weighted by Crippen LogP contribution is -1.96. The van der Waals surface area contributed by atoms with Crippen molar-refractivity contribution in [2.24, 2.45) is 11.8 Å². The van der Waals surface area contributed by atoms with Crippen LogP contribution in [0.5, 0.6) is 0 Å². The maximum Gasteiger partial charge on any atom is 0.305 e. The molecule has 64 valence electrons. The van der Waals surface area contributed by atoms with E-state index in [1.54, 1.807) is 0 Å². The van der Waals surface area contributed by atoms with E-state index in [-0.39, 0.29) is 11.8 Å². The lowest BCUT2D eigenvalue weighted by atomic mass is 10.0. The van der Waals surface area contributed by atoms with Crippen LogP contribution in [-0.2, 0) is 4.79 Å². The van der Waals surface area contributed by atoms with E-state index in [0.29, 0.717) is 6.42 Å². The molecule has 0 spiro atoms. The Hall–Kier alpha value is -0.920. The van der Waals surface area contributed by atoms with Crippen LogP contribution in [0, 0.1) is 11.8 Å². The minimum atomic E-state index is -1.14. The Kier molecular flexibility index (Phi) is 1.83. The zero-order chi connectivity index (χ0) is 8.55. The second-order valence-corrected chi connectivity index (χ2v) is 3.44. The van der Waals surface area contributed by atoms with Crippen LogP contribution in [0.15, 0.2) is 23.8 Å². The van der Waals surface area contributed by atoms with Crippen molar-refractivity contribution in [1.82, 2.24) is 0 Å². The zero-order valence-corrected chi connectivity index (χ0v) is 6.79. The van der Waals surface area contributed by atoms with Crippen LogP contribution in [-0.4, -0.2) is 6.04 Å². The summed E-state index contributed by atoms with van der Waals surface area (Å²) in [6.07, 6.45) is 9.06. The Balaban J connectivity index is 2.00. The van der Waals surface area contributed by atoms with Crippen LogP contribution in [0.2, 0.25) is 0 Å². The van der Waals surface area contributed by atoms with Crippen molar-refractivity contribution < 1.29 is 9.18 Å². The second-order valence-electron chi connectivity index (χ2n) is 3.44. The summed E-state index contributed by atoms with van der Waals surface area (Å²) in [4.78, 5) is 10.3. The van der Waals surface area contributed by atoms with Crippen LogP contribution in [0.1, 0.15) is 19.3 Å². The third-order valence-electron chi connectivity index (χ3n) is 2.53. The predicted octanol–water partition coefficient (Wildman–Crippen LogP) is 2.40. The average molecular weight is 166 g/mol. The topological polar surface area (TPSA) is 17.1 Å². The summed E-state index contributed by atoms with van der Waals surface area (Å²) in [5.74, 6) is -0.127. The number of halogens is 1. The molecule has 2 rings (SSSR count). The highest BCUT2D eigenvalue weighted by molar-refractivity contribution is 5.75. The molecule has 2 aliphatic rings. The van der Waals surface area contributed by atoms with Gasteiger partial charge in [-0.1, -0.05) is 18.2 Å². The Morgan fingerprint density at radius 2 is 2.33 bits per heavy atom. The Bertz CT molecular complexity index is 265. The van der Waals surface area contributed by atoms with E-state index in [2.05, 4.69) is 12.2 Å². The number of hydrogen-bond acceptors (Lipinski definition) is 1. The number of hydrogen-bond donors (Lipinski definition) is 0. The van der Waals surface area contributed by atoms with E-state index in [4.69, 9.17) is 0 Å². The van der Waals surface area contributed by atoms with Crippen molar-refractivity contribution in [3.63, 3.8) is 0 Å². The highest BCUT2D eigenvalue weighted by atomic mass is 19.1. The predicted molar refractivity (Wildman–Crippen MR) is 44.2 cm³/mol. The fourth-order valence-electron chi connectivity index (χ4n) is 1.72. The molecule has 1 nitrogen and oxygen atoms in total. The lowest BCUT2D eigenvalue weighted by Gasteiger charge is -2.04. The van der Waals surface area contributed by atoms with Crippen molar-refractivity contribution in [3.05, 3.63) is 23.8 Å². The van der Waals surface area contributed by atoms with Gasteiger partial charge in [-0.15, -0.1) is 0 Å². The molecule has 1 fully saturated rings. The molecule has 0 aromatic heterocycles. The summed E-state index contributed by atoms with van der Waals surface area (Å²) in [7, 11) is 0. The molecule has 0 aliphatic heterocycles. The fourth-order valence-corrected chi connectivity index (χ4v) is 1.72. The van der Waals surface area contributed by atoms with Gasteiger partial charge < -0.3 is 0 Å². The largest absolute Gasteiger partial charge is 0.305 e. The maximum absolute atomic E-state index is 12.2. The first kappa shape index (κ1) is 7.71. The molecule has 2 atom stereocenters. The van der Waals surface area contributed by atoms with Gasteiger partial charge in [0.1, 0.15) is 0 Å². The number of rotatable bonds is 2. The van der Waals surface area contributed by atoms with E-state index in [0.717, 1.165) is 18.4 Å². The lowest BCUT2D eigenvalue weighted by molar-refractivity contribution is -0.130. The number of carbonyl (C=O) groups excluding carboxylic acids is 1. The minimum absolute atomic E-state index is 0.194. The SMILES string of the molecule is O=C(F)C1CC1C1=CCCC=C1. The number of carbonyl (C=O) groups is 1. The Morgan fingerprint density at radius 3 is 2.83 bits per heavy atom. The van der Waals surface area contributed by atoms with Gasteiger partial charge in [-0.05, 0) is 30.8 Å². The highest BCUT2D eigenvalue weighted by Gasteiger charge is 2.44. The van der Waals surface area contributed by atoms with Gasteiger partial charge in [0.15, 0.2) is 0 Å². The smallest absolute Gasteiger partial charge is 0.261 e. The van der Waals surface area contributed by atoms with Gasteiger partial charge in [0.25, 0.3) is 0 Å². The summed E-state index contributed by atoms with van der Waals surface area (Å²) in [6.45, 7) is 0. The van der Waals surface area contributed by atoms with Crippen LogP contribution in [0.4, 0.5) is 4.39 Å². The normalized spacial score (nSPS) is 32.9. The Labute approximate surface area is 71.0 Å². The van der Waals surface area contributed by atoms with Gasteiger partial charge in [0.05, 0.1) is 5.92 Å². The molecule has 0 aromatic rings. The molecule has 0 amide bonds. The van der Waals surface area contributed by atoms with Crippen molar-refractivity contribution in [3.8, 4) is 0 Å². The molecule has 0 radical (unpaired) electrons. The van der Waals surface area contributed by atoms with Gasteiger partial charge in [0, 0.05) is 0 Å². The summed E-state index contributed by atoms with van der Waals surface area (Å²) >= 11 is 0. The van der Waals surface area contributed by atoms with E-state index in [9.17, 15) is 9.18 Å². The molecular weight excluding hydrogens is 155 g/mol. The second kappa shape index (κ2) is 2.85. The first-order valence-electron chi connectivity index (χ1n) is 4.35. The van der Waals surface area contributed by atoms with Gasteiger partial charge in [-0.3, -0.25) is 4.79 Å². The molecule has 2 unspecified atom stereocenters. The van der Waals surface area contributed by atoms with Crippen LogP contribution in [0.3, 0.4) is 0 Å². The molecule has 0 saturated heterocycles. The third-order valence-corrected chi connectivity index (χ3v) is 2.53. The van der Waals surface area contributed by atoms with Crippen molar-refractivity contribution in [1.29, 1.82) is 0 Å². The van der Waals surface area contributed by atoms with Gasteiger partial charge in [-0.2, -0.15) is 4.39 Å². The molecule has 1 saturated carbocycles. The van der Waals surface area contributed by atoms with E-state index < -0.39 is 6.04 Å². The summed E-state index contributed by atoms with van der Waals surface area (Å²) < 4.78 is 12.2. The number of allylic oxidation sites excluding steroid dienone is 4. The van der Waals surface area contributed by atoms with Crippen molar-refractivity contribution in [2.45, 2.75) is 19.3 Å². The van der Waals surface area contributed by atoms with Crippen LogP contribution in [0.25, 0.3) is 0 Å². The van der Waals surface area contributed by atoms with Gasteiger partial charge >= 0.3 is 6.04 Å². The molecule has 0 bridgehead atoms. The van der Waals surface area contributed by atoms with Crippen LogP contribution < -0.4 is 0 Å². The van der Waals surface area contributed by atoms with E-state index >= 15 is 0 Å². The molecule has 0 N–H and O–H groups in total. The summed E-state index contributed by atoms with van der Waals surface area (Å²) in [6, 6.07) is -1.14. The minimum Gasteiger partial charge on any atom is -0.261 e. The monoisotopic (exact) mass is 166 g/mol. The Morgan fingerprint density at radius 1 is 1.50 bits per heavy atom. The van der Waals surface area contributed by atoms with Gasteiger partial charge in [-0.25, -0.2) is 0 Å². The molecule has 0 heterocycles. The van der Waals surface area contributed by atoms with E-state index in [1.807, 2.05) is 6.08 Å². The highest BCUT2D eigenvalue weighted by Crippen LogP contribution is 2.46. The molecule has 2 aliphatic carbocycles. The molecule has 0 aromatic carbocycles. The first-order valence-corrected chi connectivity index (χ1v) is 4.35. The summed E-state index contributed by atoms with van der Waals surface area (Å²) in [5, 5.41) is 0. The maximum atomic E-state index is 12.2. The van der Waals surface area contributed by atoms with Gasteiger partial charge in [0.2, 0.25) is 0 Å². The average Bonchev–Trinajstić information content (AvgIpc) is 2.84. The molecule has 12 heavy (non-hydrogen) atoms. The fraction of sp³-hybridized carbons (Fsp3) is 0.500. The first-order chi connectivity index (χ1) is 5.79. The molecule has 2 heteroatoms. The third kappa shape index (κ3) is 1.33. The summed E-state index contributed by atoms with van der Waals surface area (Å²) in [5.41, 5.74) is 1.16. The van der Waals surface area contributed by atoms with E-state index in [1.165, 1.54) is 0 Å².